The molecule has 1 aliphatic carbocycles. The summed E-state index contributed by atoms with van der Waals surface area (Å²) in [5, 5.41) is 4.64. The number of benzene rings is 1. The highest BCUT2D eigenvalue weighted by atomic mass is 16.5. The van der Waals surface area contributed by atoms with Crippen LogP contribution in [0.1, 0.15) is 49.9 Å². The lowest BCUT2D eigenvalue weighted by atomic mass is 10.2. The second-order valence-electron chi connectivity index (χ2n) is 5.52. The Hall–Kier alpha value is -1.77. The zero-order valence-corrected chi connectivity index (χ0v) is 12.1. The Morgan fingerprint density at radius 2 is 2.10 bits per heavy atom. The van der Waals surface area contributed by atoms with Crippen LogP contribution in [0.2, 0.25) is 0 Å². The van der Waals surface area contributed by atoms with Crippen LogP contribution >= 0.6 is 0 Å². The average molecular weight is 270 g/mol. The third kappa shape index (κ3) is 3.03. The first-order valence-corrected chi connectivity index (χ1v) is 7.61. The molecule has 0 N–H and O–H groups in total. The van der Waals surface area contributed by atoms with Gasteiger partial charge < -0.3 is 4.74 Å². The lowest BCUT2D eigenvalue weighted by Crippen LogP contribution is -2.06. The first-order chi connectivity index (χ1) is 9.85. The van der Waals surface area contributed by atoms with Crippen molar-refractivity contribution in [2.24, 2.45) is 0 Å². The van der Waals surface area contributed by atoms with E-state index in [0.717, 1.165) is 17.9 Å². The van der Waals surface area contributed by atoms with E-state index >= 15 is 0 Å². The Morgan fingerprint density at radius 3 is 2.90 bits per heavy atom. The van der Waals surface area contributed by atoms with E-state index in [1.54, 1.807) is 0 Å². The van der Waals surface area contributed by atoms with Crippen LogP contribution in [0.4, 0.5) is 0 Å². The van der Waals surface area contributed by atoms with Crippen molar-refractivity contribution in [3.63, 3.8) is 0 Å². The van der Waals surface area contributed by atoms with Crippen LogP contribution in [0.25, 0.3) is 0 Å². The van der Waals surface area contributed by atoms with Gasteiger partial charge in [0.2, 0.25) is 0 Å². The molecular formula is C17H22N2O. The Balaban J connectivity index is 1.60. The number of ether oxygens (including phenoxy) is 1. The monoisotopic (exact) mass is 270 g/mol. The maximum atomic E-state index is 5.83. The van der Waals surface area contributed by atoms with E-state index in [-0.39, 0.29) is 0 Å². The molecule has 1 saturated carbocycles. The summed E-state index contributed by atoms with van der Waals surface area (Å²) in [5.41, 5.74) is 2.32. The van der Waals surface area contributed by atoms with Crippen molar-refractivity contribution in [3.8, 4) is 5.75 Å². The lowest BCUT2D eigenvalue weighted by Gasteiger charge is -2.09. The van der Waals surface area contributed by atoms with Crippen molar-refractivity contribution in [3.05, 3.63) is 47.8 Å². The van der Waals surface area contributed by atoms with Crippen LogP contribution in [0, 0.1) is 0 Å². The van der Waals surface area contributed by atoms with Crippen molar-refractivity contribution < 1.29 is 4.74 Å². The van der Waals surface area contributed by atoms with Gasteiger partial charge >= 0.3 is 0 Å². The summed E-state index contributed by atoms with van der Waals surface area (Å²) in [6.45, 7) is 2.70. The zero-order chi connectivity index (χ0) is 13.8. The highest BCUT2D eigenvalue weighted by Gasteiger charge is 2.17. The first-order valence-electron chi connectivity index (χ1n) is 7.61. The Kier molecular flexibility index (Phi) is 4.05. The summed E-state index contributed by atoms with van der Waals surface area (Å²) in [6.07, 6.45) is 8.33. The van der Waals surface area contributed by atoms with Gasteiger partial charge in [-0.15, -0.1) is 0 Å². The second kappa shape index (κ2) is 6.12. The molecule has 0 amide bonds. The van der Waals surface area contributed by atoms with Gasteiger partial charge in [-0.2, -0.15) is 5.10 Å². The molecule has 1 aromatic carbocycles. The maximum absolute atomic E-state index is 5.83. The highest BCUT2D eigenvalue weighted by Crippen LogP contribution is 2.28. The van der Waals surface area contributed by atoms with Crippen LogP contribution < -0.4 is 4.74 Å². The summed E-state index contributed by atoms with van der Waals surface area (Å²) >= 11 is 0. The Morgan fingerprint density at radius 1 is 1.25 bits per heavy atom. The average Bonchev–Trinajstić information content (AvgIpc) is 3.16. The molecule has 1 fully saturated rings. The molecule has 0 radical (unpaired) electrons. The molecule has 2 aromatic rings. The van der Waals surface area contributed by atoms with E-state index in [0.29, 0.717) is 12.6 Å². The predicted molar refractivity (Wildman–Crippen MR) is 79.9 cm³/mol. The molecule has 0 spiro atoms. The normalized spacial score (nSPS) is 15.7. The van der Waals surface area contributed by atoms with Gasteiger partial charge in [0.25, 0.3) is 0 Å². The molecule has 0 bridgehead atoms. The second-order valence-corrected chi connectivity index (χ2v) is 5.52. The summed E-state index contributed by atoms with van der Waals surface area (Å²) in [7, 11) is 0. The number of hydrogen-bond donors (Lipinski definition) is 0. The van der Waals surface area contributed by atoms with Crippen molar-refractivity contribution in [1.82, 2.24) is 9.78 Å². The minimum atomic E-state index is 0.548. The lowest BCUT2D eigenvalue weighted by molar-refractivity contribution is 0.297. The van der Waals surface area contributed by atoms with E-state index in [9.17, 15) is 0 Å². The third-order valence-corrected chi connectivity index (χ3v) is 4.06. The standard InChI is InChI=1S/C17H22N2O/c1-2-14-6-5-9-17(12-14)20-13-15-10-11-19(18-15)16-7-3-4-8-16/h5-6,9-12,16H,2-4,7-8,13H2,1H3. The molecule has 0 saturated heterocycles. The zero-order valence-electron chi connectivity index (χ0n) is 12.1. The maximum Gasteiger partial charge on any atom is 0.132 e. The van der Waals surface area contributed by atoms with Gasteiger partial charge in [0.15, 0.2) is 0 Å². The number of aryl methyl sites for hydroxylation is 1. The Bertz CT molecular complexity index is 556. The van der Waals surface area contributed by atoms with Gasteiger partial charge in [-0.25, -0.2) is 0 Å². The van der Waals surface area contributed by atoms with Crippen molar-refractivity contribution in [1.29, 1.82) is 0 Å². The van der Waals surface area contributed by atoms with Crippen LogP contribution in [-0.4, -0.2) is 9.78 Å². The number of hydrogen-bond acceptors (Lipinski definition) is 2. The van der Waals surface area contributed by atoms with Gasteiger partial charge in [-0.1, -0.05) is 31.9 Å². The molecule has 1 aliphatic rings. The minimum absolute atomic E-state index is 0.548. The van der Waals surface area contributed by atoms with Crippen LogP contribution in [0.5, 0.6) is 5.75 Å². The molecule has 0 atom stereocenters. The van der Waals surface area contributed by atoms with Crippen LogP contribution in [0.3, 0.4) is 0 Å². The molecule has 1 aromatic heterocycles. The topological polar surface area (TPSA) is 27.1 Å². The van der Waals surface area contributed by atoms with Crippen molar-refractivity contribution >= 4 is 0 Å². The smallest absolute Gasteiger partial charge is 0.132 e. The molecular weight excluding hydrogens is 248 g/mol. The fourth-order valence-electron chi connectivity index (χ4n) is 2.84. The van der Waals surface area contributed by atoms with Gasteiger partial charge in [-0.05, 0) is 43.0 Å². The molecule has 1 heterocycles. The molecule has 0 aliphatic heterocycles. The van der Waals surface area contributed by atoms with Gasteiger partial charge in [-0.3, -0.25) is 4.68 Å². The van der Waals surface area contributed by atoms with E-state index < -0.39 is 0 Å². The fourth-order valence-corrected chi connectivity index (χ4v) is 2.84. The number of rotatable bonds is 5. The molecule has 3 heteroatoms. The summed E-state index contributed by atoms with van der Waals surface area (Å²) < 4.78 is 7.95. The fraction of sp³-hybridized carbons (Fsp3) is 0.471. The Labute approximate surface area is 120 Å². The van der Waals surface area contributed by atoms with E-state index in [4.69, 9.17) is 4.74 Å². The third-order valence-electron chi connectivity index (χ3n) is 4.06. The van der Waals surface area contributed by atoms with Gasteiger partial charge in [0.1, 0.15) is 12.4 Å². The highest BCUT2D eigenvalue weighted by molar-refractivity contribution is 5.28. The van der Waals surface area contributed by atoms with Crippen LogP contribution in [0.15, 0.2) is 36.5 Å². The predicted octanol–water partition coefficient (Wildman–Crippen LogP) is 4.14. The van der Waals surface area contributed by atoms with E-state index in [1.807, 2.05) is 12.1 Å². The largest absolute Gasteiger partial charge is 0.487 e. The summed E-state index contributed by atoms with van der Waals surface area (Å²) in [5.74, 6) is 0.930. The van der Waals surface area contributed by atoms with Gasteiger partial charge in [0, 0.05) is 6.20 Å². The summed E-state index contributed by atoms with van der Waals surface area (Å²) in [6, 6.07) is 11.0. The van der Waals surface area contributed by atoms with Crippen molar-refractivity contribution in [2.45, 2.75) is 51.7 Å². The minimum Gasteiger partial charge on any atom is -0.487 e. The quantitative estimate of drug-likeness (QED) is 0.816. The molecule has 106 valence electrons. The van der Waals surface area contributed by atoms with Crippen molar-refractivity contribution in [2.75, 3.05) is 0 Å². The first kappa shape index (κ1) is 13.2. The van der Waals surface area contributed by atoms with E-state index in [2.05, 4.69) is 41.1 Å². The van der Waals surface area contributed by atoms with Crippen LogP contribution in [-0.2, 0) is 13.0 Å². The molecule has 3 nitrogen and oxygen atoms in total. The molecule has 20 heavy (non-hydrogen) atoms. The summed E-state index contributed by atoms with van der Waals surface area (Å²) in [4.78, 5) is 0. The number of aromatic nitrogens is 2. The SMILES string of the molecule is CCc1cccc(OCc2ccn(C3CCCC3)n2)c1. The van der Waals surface area contributed by atoms with Gasteiger partial charge in [0.05, 0.1) is 11.7 Å². The van der Waals surface area contributed by atoms with E-state index in [1.165, 1.54) is 31.2 Å². The molecule has 3 rings (SSSR count). The molecule has 0 unspecified atom stereocenters. The number of nitrogens with zero attached hydrogens (tertiary/aromatic N) is 2.